The summed E-state index contributed by atoms with van der Waals surface area (Å²) in [7, 11) is 1.52. The van der Waals surface area contributed by atoms with Crippen LogP contribution in [0.25, 0.3) is 0 Å². The van der Waals surface area contributed by atoms with Crippen LogP contribution in [-0.2, 0) is 16.0 Å². The van der Waals surface area contributed by atoms with E-state index in [0.29, 0.717) is 24.5 Å². The molecule has 0 saturated carbocycles. The molecular weight excluding hydrogens is 341 g/mol. The largest absolute Gasteiger partial charge is 0.493 e. The van der Waals surface area contributed by atoms with Gasteiger partial charge in [-0.25, -0.2) is 0 Å². The number of halogens is 3. The zero-order valence-corrected chi connectivity index (χ0v) is 14.0. The normalized spacial score (nSPS) is 10.9. The Morgan fingerprint density at radius 3 is 2.40 bits per heavy atom. The van der Waals surface area contributed by atoms with E-state index in [1.165, 1.54) is 7.11 Å². The van der Waals surface area contributed by atoms with E-state index in [2.05, 4.69) is 5.32 Å². The first-order valence-corrected chi connectivity index (χ1v) is 7.69. The van der Waals surface area contributed by atoms with Crippen LogP contribution in [0.1, 0.15) is 18.9 Å². The second-order valence-electron chi connectivity index (χ2n) is 5.02. The molecule has 2 N–H and O–H groups in total. The van der Waals surface area contributed by atoms with Crippen LogP contribution < -0.4 is 20.1 Å². The van der Waals surface area contributed by atoms with Gasteiger partial charge in [0, 0.05) is 19.5 Å². The van der Waals surface area contributed by atoms with Crippen LogP contribution in [-0.4, -0.2) is 44.8 Å². The summed E-state index contributed by atoms with van der Waals surface area (Å²) in [5.41, 5.74) is 0.862. The maximum absolute atomic E-state index is 12.0. The molecule has 1 rings (SSSR count). The predicted molar refractivity (Wildman–Crippen MR) is 84.6 cm³/mol. The van der Waals surface area contributed by atoms with E-state index in [1.54, 1.807) is 17.4 Å². The fraction of sp³-hybridized carbons (Fsp3) is 0.500. The second-order valence-corrected chi connectivity index (χ2v) is 5.02. The minimum atomic E-state index is -4.92. The molecule has 1 aromatic carbocycles. The van der Waals surface area contributed by atoms with Gasteiger partial charge in [-0.15, -0.1) is 0 Å². The van der Waals surface area contributed by atoms with Gasteiger partial charge in [0.1, 0.15) is 0 Å². The third-order valence-corrected chi connectivity index (χ3v) is 3.16. The molecule has 0 spiro atoms. The van der Waals surface area contributed by atoms with E-state index < -0.39 is 12.1 Å². The van der Waals surface area contributed by atoms with Crippen LogP contribution in [0.5, 0.6) is 11.5 Å². The summed E-state index contributed by atoms with van der Waals surface area (Å²) in [6.07, 6.45) is -4.33. The van der Waals surface area contributed by atoms with Gasteiger partial charge in [-0.05, 0) is 31.0 Å². The van der Waals surface area contributed by atoms with Crippen molar-refractivity contribution in [3.05, 3.63) is 23.8 Å². The van der Waals surface area contributed by atoms with Gasteiger partial charge in [-0.3, -0.25) is 9.59 Å². The molecule has 140 valence electrons. The van der Waals surface area contributed by atoms with Gasteiger partial charge in [0.25, 0.3) is 0 Å². The number of carbonyl (C=O) groups is 2. The SMILES string of the molecule is CCOc1ccc(CCC(=O)NCCNC(=O)C(F)(F)F)cc1OC. The van der Waals surface area contributed by atoms with Crippen molar-refractivity contribution in [1.29, 1.82) is 0 Å². The minimum absolute atomic E-state index is 0.0761. The highest BCUT2D eigenvalue weighted by Crippen LogP contribution is 2.28. The summed E-state index contributed by atoms with van der Waals surface area (Å²) in [5.74, 6) is -1.18. The highest BCUT2D eigenvalue weighted by molar-refractivity contribution is 5.81. The summed E-state index contributed by atoms with van der Waals surface area (Å²) in [5, 5.41) is 4.12. The summed E-state index contributed by atoms with van der Waals surface area (Å²) < 4.78 is 46.5. The molecule has 0 atom stereocenters. The second kappa shape index (κ2) is 9.75. The number of carbonyl (C=O) groups excluding carboxylic acids is 2. The molecule has 6 nitrogen and oxygen atoms in total. The maximum Gasteiger partial charge on any atom is 0.471 e. The lowest BCUT2D eigenvalue weighted by Crippen LogP contribution is -2.41. The molecule has 25 heavy (non-hydrogen) atoms. The maximum atomic E-state index is 12.0. The van der Waals surface area contributed by atoms with Gasteiger partial charge in [0.15, 0.2) is 11.5 Å². The van der Waals surface area contributed by atoms with Gasteiger partial charge >= 0.3 is 12.1 Å². The first-order valence-electron chi connectivity index (χ1n) is 7.69. The first kappa shape index (κ1) is 20.6. The number of amides is 2. The number of aryl methyl sites for hydroxylation is 1. The van der Waals surface area contributed by atoms with Crippen molar-refractivity contribution < 1.29 is 32.2 Å². The topological polar surface area (TPSA) is 76.7 Å². The lowest BCUT2D eigenvalue weighted by Gasteiger charge is -2.11. The summed E-state index contributed by atoms with van der Waals surface area (Å²) in [6.45, 7) is 1.99. The Bertz CT molecular complexity index is 591. The number of nitrogens with one attached hydrogen (secondary N) is 2. The molecule has 0 aromatic heterocycles. The van der Waals surface area contributed by atoms with Crippen LogP contribution in [0.2, 0.25) is 0 Å². The molecule has 0 fully saturated rings. The van der Waals surface area contributed by atoms with E-state index in [9.17, 15) is 22.8 Å². The van der Waals surface area contributed by atoms with Crippen LogP contribution >= 0.6 is 0 Å². The van der Waals surface area contributed by atoms with Crippen molar-refractivity contribution in [2.24, 2.45) is 0 Å². The number of benzene rings is 1. The van der Waals surface area contributed by atoms with E-state index in [0.717, 1.165) is 5.56 Å². The highest BCUT2D eigenvalue weighted by atomic mass is 19.4. The fourth-order valence-electron chi connectivity index (χ4n) is 1.97. The molecule has 1 aromatic rings. The number of hydrogen-bond donors (Lipinski definition) is 2. The van der Waals surface area contributed by atoms with E-state index in [-0.39, 0.29) is 25.4 Å². The molecule has 0 bridgehead atoms. The zero-order valence-electron chi connectivity index (χ0n) is 14.0. The highest BCUT2D eigenvalue weighted by Gasteiger charge is 2.38. The molecular formula is C16H21F3N2O4. The van der Waals surface area contributed by atoms with Crippen LogP contribution in [0.4, 0.5) is 13.2 Å². The smallest absolute Gasteiger partial charge is 0.471 e. The summed E-state index contributed by atoms with van der Waals surface area (Å²) in [4.78, 5) is 22.3. The van der Waals surface area contributed by atoms with Crippen molar-refractivity contribution >= 4 is 11.8 Å². The van der Waals surface area contributed by atoms with Crippen LogP contribution in [0.15, 0.2) is 18.2 Å². The molecule has 0 aliphatic carbocycles. The lowest BCUT2D eigenvalue weighted by atomic mass is 10.1. The molecule has 0 unspecified atom stereocenters. The monoisotopic (exact) mass is 362 g/mol. The van der Waals surface area contributed by atoms with E-state index >= 15 is 0 Å². The Labute approximate surface area is 143 Å². The zero-order chi connectivity index (χ0) is 18.9. The Hall–Kier alpha value is -2.45. The van der Waals surface area contributed by atoms with Crippen molar-refractivity contribution in [2.45, 2.75) is 25.9 Å². The molecule has 0 heterocycles. The molecule has 2 amide bonds. The predicted octanol–water partition coefficient (Wildman–Crippen LogP) is 1.82. The molecule has 0 aliphatic rings. The van der Waals surface area contributed by atoms with Crippen molar-refractivity contribution in [2.75, 3.05) is 26.8 Å². The quantitative estimate of drug-likeness (QED) is 0.657. The van der Waals surface area contributed by atoms with Gasteiger partial charge in [0.2, 0.25) is 5.91 Å². The lowest BCUT2D eigenvalue weighted by molar-refractivity contribution is -0.173. The standard InChI is InChI=1S/C16H21F3N2O4/c1-3-25-12-6-4-11(10-13(12)24-2)5-7-14(22)20-8-9-21-15(23)16(17,18)19/h4,6,10H,3,5,7-9H2,1-2H3,(H,20,22)(H,21,23). The van der Waals surface area contributed by atoms with Gasteiger partial charge in [-0.2, -0.15) is 13.2 Å². The van der Waals surface area contributed by atoms with Crippen molar-refractivity contribution in [3.63, 3.8) is 0 Å². The summed E-state index contributed by atoms with van der Waals surface area (Å²) >= 11 is 0. The minimum Gasteiger partial charge on any atom is -0.493 e. The average Bonchev–Trinajstić information content (AvgIpc) is 2.56. The van der Waals surface area contributed by atoms with Crippen molar-refractivity contribution in [3.8, 4) is 11.5 Å². The van der Waals surface area contributed by atoms with E-state index in [4.69, 9.17) is 9.47 Å². The number of ether oxygens (including phenoxy) is 2. The third kappa shape index (κ3) is 7.32. The van der Waals surface area contributed by atoms with Crippen LogP contribution in [0, 0.1) is 0 Å². The fourth-order valence-corrected chi connectivity index (χ4v) is 1.97. The Kier molecular flexibility index (Phi) is 8.03. The number of methoxy groups -OCH3 is 1. The molecule has 0 aliphatic heterocycles. The Morgan fingerprint density at radius 1 is 1.12 bits per heavy atom. The van der Waals surface area contributed by atoms with Gasteiger partial charge in [-0.1, -0.05) is 6.07 Å². The Morgan fingerprint density at radius 2 is 1.80 bits per heavy atom. The number of rotatable bonds is 9. The van der Waals surface area contributed by atoms with Crippen molar-refractivity contribution in [1.82, 2.24) is 10.6 Å². The van der Waals surface area contributed by atoms with Gasteiger partial charge in [0.05, 0.1) is 13.7 Å². The average molecular weight is 362 g/mol. The van der Waals surface area contributed by atoms with Crippen LogP contribution in [0.3, 0.4) is 0 Å². The third-order valence-electron chi connectivity index (χ3n) is 3.16. The molecule has 0 saturated heterocycles. The van der Waals surface area contributed by atoms with E-state index in [1.807, 2.05) is 13.0 Å². The van der Waals surface area contributed by atoms with Gasteiger partial charge < -0.3 is 20.1 Å². The Balaban J connectivity index is 2.35. The first-order chi connectivity index (χ1) is 11.8. The number of hydrogen-bond acceptors (Lipinski definition) is 4. The molecule has 0 radical (unpaired) electrons. The number of alkyl halides is 3. The summed E-state index contributed by atoms with van der Waals surface area (Å²) in [6, 6.07) is 5.33. The molecule has 9 heteroatoms.